The number of hydrogen-bond acceptors (Lipinski definition) is 4. The third-order valence-corrected chi connectivity index (χ3v) is 4.17. The highest BCUT2D eigenvalue weighted by Gasteiger charge is 2.14. The van der Waals surface area contributed by atoms with Gasteiger partial charge in [-0.15, -0.1) is 0 Å². The Hall–Kier alpha value is -3.61. The Bertz CT molecular complexity index is 1010. The maximum Gasteiger partial charge on any atom is 0.291 e. The van der Waals surface area contributed by atoms with Gasteiger partial charge in [-0.25, -0.2) is 4.39 Å². The van der Waals surface area contributed by atoms with E-state index in [0.29, 0.717) is 29.3 Å². The molecule has 0 spiro atoms. The maximum absolute atomic E-state index is 12.9. The molecule has 0 unspecified atom stereocenters. The molecule has 29 heavy (non-hydrogen) atoms. The molecule has 0 saturated carbocycles. The van der Waals surface area contributed by atoms with Gasteiger partial charge < -0.3 is 19.8 Å². The molecule has 0 saturated heterocycles. The van der Waals surface area contributed by atoms with Gasteiger partial charge in [0, 0.05) is 17.8 Å². The van der Waals surface area contributed by atoms with Gasteiger partial charge in [-0.2, -0.15) is 0 Å². The van der Waals surface area contributed by atoms with E-state index in [9.17, 15) is 14.0 Å². The fraction of sp³-hybridized carbons (Fsp3) is 0.182. The second-order valence-electron chi connectivity index (χ2n) is 6.39. The fourth-order valence-corrected chi connectivity index (χ4v) is 2.53. The number of halogens is 1. The molecule has 1 aromatic heterocycles. The van der Waals surface area contributed by atoms with Crippen LogP contribution < -0.4 is 15.4 Å². The highest BCUT2D eigenvalue weighted by Crippen LogP contribution is 2.22. The van der Waals surface area contributed by atoms with Crippen LogP contribution in [0.5, 0.6) is 5.75 Å². The molecule has 2 N–H and O–H groups in total. The van der Waals surface area contributed by atoms with Crippen LogP contribution in [0, 0.1) is 12.7 Å². The molecule has 6 nitrogen and oxygen atoms in total. The van der Waals surface area contributed by atoms with Crippen LogP contribution >= 0.6 is 0 Å². The van der Waals surface area contributed by atoms with E-state index in [1.165, 1.54) is 24.3 Å². The van der Waals surface area contributed by atoms with Gasteiger partial charge >= 0.3 is 0 Å². The number of ether oxygens (including phenoxy) is 1. The minimum absolute atomic E-state index is 0.108. The average Bonchev–Trinajstić information content (AvgIpc) is 3.19. The minimum Gasteiger partial charge on any atom is -0.486 e. The number of aryl methyl sites for hydroxylation is 1. The third-order valence-electron chi connectivity index (χ3n) is 4.17. The van der Waals surface area contributed by atoms with Crippen molar-refractivity contribution >= 4 is 23.2 Å². The van der Waals surface area contributed by atoms with E-state index in [-0.39, 0.29) is 24.1 Å². The van der Waals surface area contributed by atoms with Gasteiger partial charge in [0.25, 0.3) is 5.91 Å². The first-order valence-electron chi connectivity index (χ1n) is 9.13. The van der Waals surface area contributed by atoms with E-state index < -0.39 is 5.91 Å². The number of carbonyl (C=O) groups excluding carboxylic acids is 2. The van der Waals surface area contributed by atoms with Gasteiger partial charge in [-0.1, -0.05) is 13.0 Å². The van der Waals surface area contributed by atoms with Crippen LogP contribution in [0.25, 0.3) is 0 Å². The summed E-state index contributed by atoms with van der Waals surface area (Å²) in [5.74, 6) is 0.214. The largest absolute Gasteiger partial charge is 0.486 e. The number of hydrogen-bond donors (Lipinski definition) is 2. The average molecular weight is 396 g/mol. The zero-order valence-corrected chi connectivity index (χ0v) is 16.1. The van der Waals surface area contributed by atoms with Gasteiger partial charge in [-0.05, 0) is 61.0 Å². The lowest BCUT2D eigenvalue weighted by atomic mass is 10.1. The lowest BCUT2D eigenvalue weighted by molar-refractivity contribution is -0.115. The predicted octanol–water partition coefficient (Wildman–Crippen LogP) is 4.91. The molecule has 3 aromatic rings. The zero-order chi connectivity index (χ0) is 20.8. The Balaban J connectivity index is 1.63. The number of carbonyl (C=O) groups is 2. The van der Waals surface area contributed by atoms with Crippen molar-refractivity contribution in [1.29, 1.82) is 0 Å². The summed E-state index contributed by atoms with van der Waals surface area (Å²) in [5, 5.41) is 5.54. The van der Waals surface area contributed by atoms with Crippen molar-refractivity contribution < 1.29 is 23.1 Å². The summed E-state index contributed by atoms with van der Waals surface area (Å²) in [4.78, 5) is 24.1. The number of nitrogens with one attached hydrogen (secondary N) is 2. The molecular formula is C22H21FN2O4. The number of benzene rings is 2. The van der Waals surface area contributed by atoms with E-state index in [4.69, 9.17) is 9.15 Å². The monoisotopic (exact) mass is 396 g/mol. The number of anilines is 2. The molecule has 1 heterocycles. The van der Waals surface area contributed by atoms with Crippen LogP contribution in [0.4, 0.5) is 15.8 Å². The first-order chi connectivity index (χ1) is 13.9. The Labute approximate surface area is 167 Å². The molecule has 0 bridgehead atoms. The molecule has 0 radical (unpaired) electrons. The Kier molecular flexibility index (Phi) is 6.29. The summed E-state index contributed by atoms with van der Waals surface area (Å²) in [7, 11) is 0. The van der Waals surface area contributed by atoms with Crippen molar-refractivity contribution in [1.82, 2.24) is 0 Å². The molecule has 2 aromatic carbocycles. The molecule has 0 aliphatic carbocycles. The van der Waals surface area contributed by atoms with Crippen molar-refractivity contribution in [2.45, 2.75) is 26.9 Å². The molecule has 0 aliphatic rings. The smallest absolute Gasteiger partial charge is 0.291 e. The number of amides is 2. The van der Waals surface area contributed by atoms with Crippen LogP contribution in [-0.2, 0) is 11.4 Å². The van der Waals surface area contributed by atoms with Crippen LogP contribution in [-0.4, -0.2) is 11.8 Å². The summed E-state index contributed by atoms with van der Waals surface area (Å²) >= 11 is 0. The highest BCUT2D eigenvalue weighted by atomic mass is 19.1. The normalized spacial score (nSPS) is 10.4. The molecule has 0 aliphatic heterocycles. The van der Waals surface area contributed by atoms with Crippen LogP contribution in [0.1, 0.15) is 35.2 Å². The Morgan fingerprint density at radius 2 is 1.79 bits per heavy atom. The van der Waals surface area contributed by atoms with Gasteiger partial charge in [0.1, 0.15) is 23.9 Å². The SMILES string of the molecule is CCC(=O)Nc1ccc(C)c(NC(=O)c2ccc(COc3ccc(F)cc3)o2)c1. The topological polar surface area (TPSA) is 80.6 Å². The molecule has 0 fully saturated rings. The van der Waals surface area contributed by atoms with E-state index in [0.717, 1.165) is 5.56 Å². The number of rotatable bonds is 7. The van der Waals surface area contributed by atoms with E-state index in [1.54, 1.807) is 31.2 Å². The molecular weight excluding hydrogens is 375 g/mol. The second kappa shape index (κ2) is 9.05. The lowest BCUT2D eigenvalue weighted by Crippen LogP contribution is -2.13. The van der Waals surface area contributed by atoms with Gasteiger partial charge in [0.2, 0.25) is 5.91 Å². The molecule has 3 rings (SSSR count). The number of furan rings is 1. The van der Waals surface area contributed by atoms with Crippen molar-refractivity contribution in [2.24, 2.45) is 0 Å². The van der Waals surface area contributed by atoms with Crippen molar-refractivity contribution in [3.63, 3.8) is 0 Å². The zero-order valence-electron chi connectivity index (χ0n) is 16.1. The summed E-state index contributed by atoms with van der Waals surface area (Å²) in [6.45, 7) is 3.72. The van der Waals surface area contributed by atoms with Crippen LogP contribution in [0.2, 0.25) is 0 Å². The first-order valence-corrected chi connectivity index (χ1v) is 9.13. The lowest BCUT2D eigenvalue weighted by Gasteiger charge is -2.10. The van der Waals surface area contributed by atoms with E-state index in [2.05, 4.69) is 10.6 Å². The highest BCUT2D eigenvalue weighted by molar-refractivity contribution is 6.03. The minimum atomic E-state index is -0.417. The summed E-state index contributed by atoms with van der Waals surface area (Å²) in [6, 6.07) is 14.1. The Morgan fingerprint density at radius 1 is 1.03 bits per heavy atom. The van der Waals surface area contributed by atoms with Crippen molar-refractivity contribution in [3.05, 3.63) is 77.5 Å². The Morgan fingerprint density at radius 3 is 2.52 bits per heavy atom. The fourth-order valence-electron chi connectivity index (χ4n) is 2.53. The van der Waals surface area contributed by atoms with Gasteiger partial charge in [-0.3, -0.25) is 9.59 Å². The van der Waals surface area contributed by atoms with Crippen molar-refractivity contribution in [3.8, 4) is 5.75 Å². The molecule has 2 amide bonds. The van der Waals surface area contributed by atoms with Gasteiger partial charge in [0.05, 0.1) is 0 Å². The molecule has 150 valence electrons. The van der Waals surface area contributed by atoms with Crippen LogP contribution in [0.3, 0.4) is 0 Å². The summed E-state index contributed by atoms with van der Waals surface area (Å²) in [6.07, 6.45) is 0.366. The van der Waals surface area contributed by atoms with Crippen molar-refractivity contribution in [2.75, 3.05) is 10.6 Å². The van der Waals surface area contributed by atoms with E-state index >= 15 is 0 Å². The molecule has 7 heteroatoms. The standard InChI is InChI=1S/C22H21FN2O4/c1-3-21(26)24-16-7-4-14(2)19(12-16)25-22(27)20-11-10-18(29-20)13-28-17-8-5-15(23)6-9-17/h4-12H,3,13H2,1-2H3,(H,24,26)(H,25,27). The quantitative estimate of drug-likeness (QED) is 0.595. The predicted molar refractivity (Wildman–Crippen MR) is 107 cm³/mol. The van der Waals surface area contributed by atoms with Crippen LogP contribution in [0.15, 0.2) is 59.0 Å². The van der Waals surface area contributed by atoms with E-state index in [1.807, 2.05) is 13.0 Å². The second-order valence-corrected chi connectivity index (χ2v) is 6.39. The summed E-state index contributed by atoms with van der Waals surface area (Å²) in [5.41, 5.74) is 2.02. The maximum atomic E-state index is 12.9. The summed E-state index contributed by atoms with van der Waals surface area (Å²) < 4.78 is 24.0. The third kappa shape index (κ3) is 5.44. The first kappa shape index (κ1) is 20.1. The molecule has 0 atom stereocenters. The van der Waals surface area contributed by atoms with Gasteiger partial charge in [0.15, 0.2) is 5.76 Å².